The minimum atomic E-state index is -1.63. The van der Waals surface area contributed by atoms with E-state index in [0.29, 0.717) is 12.8 Å². The Labute approximate surface area is 519 Å². The molecule has 0 aromatic carbocycles. The molecule has 0 radical (unpaired) electrons. The van der Waals surface area contributed by atoms with Crippen molar-refractivity contribution in [2.24, 2.45) is 0 Å². The van der Waals surface area contributed by atoms with Crippen molar-refractivity contribution in [2.75, 3.05) is 13.2 Å². The van der Waals surface area contributed by atoms with Crippen LogP contribution in [-0.2, 0) is 23.8 Å². The average Bonchev–Trinajstić information content (AvgIpc) is 2.48. The molecule has 1 saturated heterocycles. The Morgan fingerprint density at radius 2 is 0.847 bits per heavy atom. The molecule has 1 rings (SSSR count). The van der Waals surface area contributed by atoms with Gasteiger partial charge in [-0.2, -0.15) is 0 Å². The minimum absolute atomic E-state index is 0.0958. The number of rotatable bonds is 58. The number of hydrogen-bond donors (Lipinski definition) is 6. The van der Waals surface area contributed by atoms with Crippen LogP contribution in [0.4, 0.5) is 0 Å². The predicted molar refractivity (Wildman–Crippen MR) is 356 cm³/mol. The lowest BCUT2D eigenvalue weighted by atomic mass is 9.99. The number of aliphatic hydroxyl groups excluding tert-OH is 5. The molecule has 8 unspecified atom stereocenters. The van der Waals surface area contributed by atoms with Crippen LogP contribution in [0.1, 0.15) is 284 Å². The molecule has 0 aromatic heterocycles. The third kappa shape index (κ3) is 48.0. The predicted octanol–water partition coefficient (Wildman–Crippen LogP) is 17.6. The van der Waals surface area contributed by atoms with Crippen LogP contribution in [0.2, 0.25) is 0 Å². The summed E-state index contributed by atoms with van der Waals surface area (Å²) in [5.41, 5.74) is 0. The molecule has 11 heteroatoms. The summed E-state index contributed by atoms with van der Waals surface area (Å²) in [5.74, 6) is -1.22. The molecule has 0 bridgehead atoms. The molecule has 11 nitrogen and oxygen atoms in total. The molecule has 0 saturated carbocycles. The molecule has 85 heavy (non-hydrogen) atoms. The molecule has 0 aromatic rings. The standard InChI is InChI=1S/C74H127NO10/c1-4-7-10-13-16-19-22-25-27-29-31-33-35-36-38-40-43-46-49-52-55-58-61-67(78)73(82)75-65(66(77)60-57-54-51-48-45-42-24-21-18-15-12-9-6-3)64-83-74-72(71(81)70(80)68(63-76)84-74)85-69(79)62-59-56-53-50-47-44-41-39-37-34-32-30-28-26-23-20-17-14-11-8-5-2/h8,11,16-17,19-20,25-28,31-34,39,41,57,60,65-68,70-72,74,76-78,80-81H,4-7,9-10,12-15,18,21-24,29-30,35-38,40,42-56,58-59,61-64H2,1-3H3,(H,75,82)/b11-8-,19-16-,20-17-,27-25-,28-26-,33-31-,34-32-,41-39-,60-57+. The first-order valence-electron chi connectivity index (χ1n) is 34.7. The van der Waals surface area contributed by atoms with Gasteiger partial charge in [-0.25, -0.2) is 0 Å². The van der Waals surface area contributed by atoms with Crippen molar-refractivity contribution < 1.29 is 49.3 Å². The third-order valence-electron chi connectivity index (χ3n) is 15.7. The normalized spacial score (nSPS) is 19.1. The van der Waals surface area contributed by atoms with Gasteiger partial charge in [0.15, 0.2) is 12.4 Å². The smallest absolute Gasteiger partial charge is 0.306 e. The van der Waals surface area contributed by atoms with Gasteiger partial charge in [0.2, 0.25) is 5.91 Å². The largest absolute Gasteiger partial charge is 0.454 e. The van der Waals surface area contributed by atoms with Crippen molar-refractivity contribution in [1.29, 1.82) is 0 Å². The molecule has 1 fully saturated rings. The van der Waals surface area contributed by atoms with Crippen LogP contribution in [0.25, 0.3) is 0 Å². The summed E-state index contributed by atoms with van der Waals surface area (Å²) in [7, 11) is 0. The number of esters is 1. The molecule has 488 valence electrons. The number of hydrogen-bond acceptors (Lipinski definition) is 10. The van der Waals surface area contributed by atoms with Crippen LogP contribution in [0.5, 0.6) is 0 Å². The van der Waals surface area contributed by atoms with E-state index in [2.05, 4.69) is 123 Å². The quantitative estimate of drug-likeness (QED) is 0.0195. The summed E-state index contributed by atoms with van der Waals surface area (Å²) in [6.45, 7) is 5.65. The number of carbonyl (C=O) groups is 2. The van der Waals surface area contributed by atoms with Gasteiger partial charge in [-0.05, 0) is 109 Å². The second-order valence-corrected chi connectivity index (χ2v) is 23.5. The van der Waals surface area contributed by atoms with Crippen molar-refractivity contribution in [3.63, 3.8) is 0 Å². The highest BCUT2D eigenvalue weighted by atomic mass is 16.7. The fourth-order valence-corrected chi connectivity index (χ4v) is 10.2. The zero-order valence-corrected chi connectivity index (χ0v) is 54.2. The maximum atomic E-state index is 13.5. The maximum absolute atomic E-state index is 13.5. The van der Waals surface area contributed by atoms with E-state index in [9.17, 15) is 35.1 Å². The van der Waals surface area contributed by atoms with Gasteiger partial charge < -0.3 is 45.1 Å². The molecule has 1 amide bonds. The summed E-state index contributed by atoms with van der Waals surface area (Å²) in [5, 5.41) is 57.2. The molecule has 1 heterocycles. The number of ether oxygens (including phenoxy) is 3. The highest BCUT2D eigenvalue weighted by molar-refractivity contribution is 5.80. The number of unbranched alkanes of at least 4 members (excludes halogenated alkanes) is 28. The van der Waals surface area contributed by atoms with Gasteiger partial charge in [0.1, 0.15) is 24.4 Å². The first-order chi connectivity index (χ1) is 41.7. The van der Waals surface area contributed by atoms with Crippen LogP contribution < -0.4 is 5.32 Å². The van der Waals surface area contributed by atoms with E-state index in [-0.39, 0.29) is 19.4 Å². The zero-order chi connectivity index (χ0) is 61.7. The summed E-state index contributed by atoms with van der Waals surface area (Å²) in [6.07, 6.45) is 72.5. The van der Waals surface area contributed by atoms with Gasteiger partial charge >= 0.3 is 5.97 Å². The first-order valence-corrected chi connectivity index (χ1v) is 34.7. The topological polar surface area (TPSA) is 175 Å². The Bertz CT molecular complexity index is 1800. The molecule has 0 spiro atoms. The van der Waals surface area contributed by atoms with Crippen molar-refractivity contribution in [3.05, 3.63) is 109 Å². The highest BCUT2D eigenvalue weighted by Gasteiger charge is 2.47. The fourth-order valence-electron chi connectivity index (χ4n) is 10.2. The van der Waals surface area contributed by atoms with Crippen LogP contribution in [0.15, 0.2) is 109 Å². The molecule has 1 aliphatic heterocycles. The molecular weight excluding hydrogens is 1060 g/mol. The van der Waals surface area contributed by atoms with Gasteiger partial charge in [0, 0.05) is 6.42 Å². The Morgan fingerprint density at radius 3 is 1.29 bits per heavy atom. The van der Waals surface area contributed by atoms with E-state index in [1.807, 2.05) is 6.08 Å². The van der Waals surface area contributed by atoms with E-state index in [1.165, 1.54) is 116 Å². The molecule has 0 aliphatic carbocycles. The summed E-state index contributed by atoms with van der Waals surface area (Å²) in [6, 6.07) is -1.04. The average molecular weight is 1190 g/mol. The number of aliphatic hydroxyl groups is 5. The van der Waals surface area contributed by atoms with Crippen molar-refractivity contribution >= 4 is 11.9 Å². The lowest BCUT2D eigenvalue weighted by molar-refractivity contribution is -0.305. The van der Waals surface area contributed by atoms with Crippen molar-refractivity contribution in [2.45, 2.75) is 333 Å². The third-order valence-corrected chi connectivity index (χ3v) is 15.7. The number of nitrogens with one attached hydrogen (secondary N) is 1. The van der Waals surface area contributed by atoms with Crippen LogP contribution in [0.3, 0.4) is 0 Å². The van der Waals surface area contributed by atoms with Gasteiger partial charge in [-0.1, -0.05) is 278 Å². The Morgan fingerprint density at radius 1 is 0.471 bits per heavy atom. The fraction of sp³-hybridized carbons (Fsp3) is 0.730. The van der Waals surface area contributed by atoms with E-state index >= 15 is 0 Å². The number of amides is 1. The van der Waals surface area contributed by atoms with Gasteiger partial charge in [-0.15, -0.1) is 0 Å². The van der Waals surface area contributed by atoms with E-state index in [1.54, 1.807) is 6.08 Å². The molecule has 8 atom stereocenters. The molecule has 6 N–H and O–H groups in total. The number of carbonyl (C=O) groups excluding carboxylic acids is 2. The van der Waals surface area contributed by atoms with Gasteiger partial charge in [-0.3, -0.25) is 9.59 Å². The summed E-state index contributed by atoms with van der Waals surface area (Å²) < 4.78 is 17.7. The van der Waals surface area contributed by atoms with Crippen LogP contribution in [-0.4, -0.2) is 99.6 Å². The van der Waals surface area contributed by atoms with Gasteiger partial charge in [0.05, 0.1) is 25.4 Å². The maximum Gasteiger partial charge on any atom is 0.306 e. The SMILES string of the molecule is CC/C=C\C/C=C\C/C=C\C/C=C\C/C=C\CCCCCCCC(=O)OC1C(OCC(NC(=O)C(O)CCCCCCCCCCC/C=C\C/C=C\C/C=C\CCCCC)C(O)/C=C/CCCCCCCCCCCCC)OC(CO)C(O)C1O. The Hall–Kier alpha value is -3.68. The minimum Gasteiger partial charge on any atom is -0.454 e. The monoisotopic (exact) mass is 1190 g/mol. The highest BCUT2D eigenvalue weighted by Crippen LogP contribution is 2.26. The zero-order valence-electron chi connectivity index (χ0n) is 54.2. The summed E-state index contributed by atoms with van der Waals surface area (Å²) in [4.78, 5) is 26.7. The molecule has 1 aliphatic rings. The van der Waals surface area contributed by atoms with Gasteiger partial charge in [0.25, 0.3) is 0 Å². The van der Waals surface area contributed by atoms with Crippen molar-refractivity contribution in [3.8, 4) is 0 Å². The second-order valence-electron chi connectivity index (χ2n) is 23.5. The van der Waals surface area contributed by atoms with Crippen LogP contribution in [0, 0.1) is 0 Å². The second kappa shape index (κ2) is 60.6. The first kappa shape index (κ1) is 79.3. The van der Waals surface area contributed by atoms with E-state index < -0.39 is 67.4 Å². The van der Waals surface area contributed by atoms with E-state index in [4.69, 9.17) is 14.2 Å². The summed E-state index contributed by atoms with van der Waals surface area (Å²) >= 11 is 0. The van der Waals surface area contributed by atoms with Crippen molar-refractivity contribution in [1.82, 2.24) is 5.32 Å². The number of allylic oxidation sites excluding steroid dienone is 17. The Kier molecular flexibility index (Phi) is 56.6. The van der Waals surface area contributed by atoms with Crippen LogP contribution >= 0.6 is 0 Å². The lowest BCUT2D eigenvalue weighted by Crippen LogP contribution is -2.61. The molecular formula is C74H127NO10. The lowest BCUT2D eigenvalue weighted by Gasteiger charge is -2.41. The Balaban J connectivity index is 2.64. The van der Waals surface area contributed by atoms with E-state index in [0.717, 1.165) is 122 Å².